The molecule has 0 bridgehead atoms. The van der Waals surface area contributed by atoms with Crippen LogP contribution in [0.2, 0.25) is 0 Å². The number of carbonyl (C=O) groups excluding carboxylic acids is 2. The number of carboxylic acids is 1. The number of carbonyl (C=O) groups is 2. The molecule has 1 aliphatic rings. The van der Waals surface area contributed by atoms with Crippen LogP contribution in [0.1, 0.15) is 15.9 Å². The van der Waals surface area contributed by atoms with E-state index in [1.165, 1.54) is 0 Å². The standard InChI is InChI=1S/C20H22FN5O.C2HF3O2/c21-16-10-23-8-9-25(13-16)11-14-4-6-17(7-5-14)26-12-15-2-1-3-18(20(22)27)19(15)24-26;3-2(4,5)1(6)7/h1-7,12,16,23H,8-11,13H2,(H2,22,27);(H,6,7). The Morgan fingerprint density at radius 3 is 2.47 bits per heavy atom. The Balaban J connectivity index is 0.000000406. The Labute approximate surface area is 191 Å². The highest BCUT2D eigenvalue weighted by Crippen LogP contribution is 2.20. The molecule has 0 saturated carbocycles. The van der Waals surface area contributed by atoms with Crippen molar-refractivity contribution in [3.05, 3.63) is 59.8 Å². The molecule has 4 N–H and O–H groups in total. The first-order valence-electron chi connectivity index (χ1n) is 10.4. The lowest BCUT2D eigenvalue weighted by molar-refractivity contribution is -0.655. The minimum atomic E-state index is -5.19. The van der Waals surface area contributed by atoms with Crippen LogP contribution in [0, 0.1) is 0 Å². The first-order valence-corrected chi connectivity index (χ1v) is 10.4. The summed E-state index contributed by atoms with van der Waals surface area (Å²) in [6.45, 7) is 3.60. The smallest absolute Gasteiger partial charge is 0.430 e. The van der Waals surface area contributed by atoms with Gasteiger partial charge in [-0.25, -0.2) is 9.07 Å². The summed E-state index contributed by atoms with van der Waals surface area (Å²) < 4.78 is 47.1. The van der Waals surface area contributed by atoms with E-state index in [0.717, 1.165) is 36.3 Å². The molecule has 1 unspecified atom stereocenters. The van der Waals surface area contributed by atoms with E-state index in [1.807, 2.05) is 41.8 Å². The first-order chi connectivity index (χ1) is 16.0. The molecule has 4 rings (SSSR count). The molecule has 1 atom stereocenters. The highest BCUT2D eigenvalue weighted by Gasteiger charge is 2.28. The largest absolute Gasteiger partial charge is 0.542 e. The summed E-state index contributed by atoms with van der Waals surface area (Å²) >= 11 is 0. The molecule has 1 aliphatic heterocycles. The van der Waals surface area contributed by atoms with Crippen molar-refractivity contribution >= 4 is 22.8 Å². The van der Waals surface area contributed by atoms with Crippen LogP contribution in [-0.4, -0.2) is 65.1 Å². The fourth-order valence-corrected chi connectivity index (χ4v) is 3.55. The number of aliphatic carboxylic acids is 1. The second-order valence-electron chi connectivity index (χ2n) is 7.78. The van der Waals surface area contributed by atoms with Crippen LogP contribution in [0.3, 0.4) is 0 Å². The number of carboxylic acid groups (broad SMARTS) is 1. The van der Waals surface area contributed by atoms with Crippen molar-refractivity contribution in [2.24, 2.45) is 5.73 Å². The van der Waals surface area contributed by atoms with Gasteiger partial charge < -0.3 is 21.0 Å². The summed E-state index contributed by atoms with van der Waals surface area (Å²) in [6, 6.07) is 13.4. The lowest BCUT2D eigenvalue weighted by Gasteiger charge is -2.19. The second-order valence-corrected chi connectivity index (χ2v) is 7.78. The van der Waals surface area contributed by atoms with Gasteiger partial charge >= 0.3 is 6.18 Å². The molecule has 2 heterocycles. The number of primary amides is 1. The van der Waals surface area contributed by atoms with Crippen molar-refractivity contribution in [1.82, 2.24) is 14.7 Å². The van der Waals surface area contributed by atoms with Gasteiger partial charge in [-0.05, 0) is 23.8 Å². The molecule has 0 spiro atoms. The van der Waals surface area contributed by atoms with Crippen molar-refractivity contribution in [2.45, 2.75) is 18.9 Å². The van der Waals surface area contributed by atoms with E-state index in [1.54, 1.807) is 16.8 Å². The van der Waals surface area contributed by atoms with Crippen molar-refractivity contribution in [1.29, 1.82) is 0 Å². The van der Waals surface area contributed by atoms with Crippen molar-refractivity contribution in [2.75, 3.05) is 26.2 Å². The van der Waals surface area contributed by atoms with E-state index in [4.69, 9.17) is 15.6 Å². The highest BCUT2D eigenvalue weighted by atomic mass is 19.4. The number of hydrogen-bond donors (Lipinski definition) is 2. The number of alkyl halides is 4. The molecule has 0 radical (unpaired) electrons. The van der Waals surface area contributed by atoms with Gasteiger partial charge in [-0.2, -0.15) is 18.3 Å². The van der Waals surface area contributed by atoms with Gasteiger partial charge in [0.1, 0.15) is 18.0 Å². The van der Waals surface area contributed by atoms with Gasteiger partial charge in [-0.3, -0.25) is 9.69 Å². The van der Waals surface area contributed by atoms with Crippen molar-refractivity contribution < 1.29 is 37.6 Å². The van der Waals surface area contributed by atoms with Gasteiger partial charge in [0.25, 0.3) is 5.91 Å². The van der Waals surface area contributed by atoms with Crippen LogP contribution in [-0.2, 0) is 11.3 Å². The molecular formula is C22H23F4N5O3. The van der Waals surface area contributed by atoms with Gasteiger partial charge in [0.15, 0.2) is 6.17 Å². The molecule has 1 aromatic heterocycles. The third kappa shape index (κ3) is 6.51. The predicted molar refractivity (Wildman–Crippen MR) is 112 cm³/mol. The minimum absolute atomic E-state index is 0.418. The van der Waals surface area contributed by atoms with E-state index >= 15 is 0 Å². The van der Waals surface area contributed by atoms with Gasteiger partial charge in [0, 0.05) is 31.2 Å². The molecule has 8 nitrogen and oxygen atoms in total. The lowest BCUT2D eigenvalue weighted by atomic mass is 10.1. The van der Waals surface area contributed by atoms with Crippen LogP contribution < -0.4 is 16.2 Å². The SMILES string of the molecule is NC(=O)c1cccc2cn(-c3ccc(CN4CC[NH2+]CC(F)C4)cc3)nc12.O=C([O-])C(F)(F)F. The number of halogens is 4. The van der Waals surface area contributed by atoms with Gasteiger partial charge in [0.05, 0.1) is 17.8 Å². The average Bonchev–Trinajstić information content (AvgIpc) is 3.10. The Kier molecular flexibility index (Phi) is 7.84. The molecule has 1 fully saturated rings. The Hall–Kier alpha value is -3.51. The predicted octanol–water partition coefficient (Wildman–Crippen LogP) is 0.140. The third-order valence-electron chi connectivity index (χ3n) is 5.17. The molecular weight excluding hydrogens is 458 g/mol. The summed E-state index contributed by atoms with van der Waals surface area (Å²) in [6.07, 6.45) is -4.09. The van der Waals surface area contributed by atoms with Crippen molar-refractivity contribution in [3.63, 3.8) is 0 Å². The van der Waals surface area contributed by atoms with E-state index in [-0.39, 0.29) is 0 Å². The first kappa shape index (κ1) is 25.1. The minimum Gasteiger partial charge on any atom is -0.542 e. The maximum atomic E-state index is 13.8. The fourth-order valence-electron chi connectivity index (χ4n) is 3.55. The van der Waals surface area contributed by atoms with Crippen LogP contribution in [0.5, 0.6) is 0 Å². The maximum Gasteiger partial charge on any atom is 0.430 e. The number of amides is 1. The summed E-state index contributed by atoms with van der Waals surface area (Å²) in [5.41, 5.74) is 8.50. The third-order valence-corrected chi connectivity index (χ3v) is 5.17. The number of benzene rings is 2. The number of nitrogens with two attached hydrogens (primary N) is 2. The topological polar surface area (TPSA) is 121 Å². The molecule has 3 aromatic rings. The molecule has 1 saturated heterocycles. The summed E-state index contributed by atoms with van der Waals surface area (Å²) in [4.78, 5) is 22.5. The maximum absolute atomic E-state index is 13.8. The molecule has 34 heavy (non-hydrogen) atoms. The average molecular weight is 481 g/mol. The zero-order chi connectivity index (χ0) is 24.9. The second kappa shape index (κ2) is 10.6. The summed E-state index contributed by atoms with van der Waals surface area (Å²) in [5, 5.41) is 16.2. The van der Waals surface area contributed by atoms with Gasteiger partial charge in [-0.1, -0.05) is 24.3 Å². The number of nitrogens with zero attached hydrogens (tertiary/aromatic N) is 3. The molecule has 0 aliphatic carbocycles. The van der Waals surface area contributed by atoms with Crippen LogP contribution in [0.25, 0.3) is 16.6 Å². The Morgan fingerprint density at radius 1 is 1.18 bits per heavy atom. The van der Waals surface area contributed by atoms with Gasteiger partial charge in [0.2, 0.25) is 0 Å². The zero-order valence-electron chi connectivity index (χ0n) is 18.0. The monoisotopic (exact) mass is 481 g/mol. The van der Waals surface area contributed by atoms with E-state index in [9.17, 15) is 22.4 Å². The van der Waals surface area contributed by atoms with Crippen LogP contribution in [0.4, 0.5) is 17.6 Å². The molecule has 12 heteroatoms. The number of rotatable bonds is 4. The normalized spacial score (nSPS) is 17.0. The number of quaternary nitrogens is 1. The van der Waals surface area contributed by atoms with Crippen molar-refractivity contribution in [3.8, 4) is 5.69 Å². The zero-order valence-corrected chi connectivity index (χ0v) is 18.0. The van der Waals surface area contributed by atoms with Crippen LogP contribution >= 0.6 is 0 Å². The number of fused-ring (bicyclic) bond motifs is 1. The van der Waals surface area contributed by atoms with E-state index in [0.29, 0.717) is 24.2 Å². The van der Waals surface area contributed by atoms with Crippen LogP contribution in [0.15, 0.2) is 48.7 Å². The highest BCUT2D eigenvalue weighted by molar-refractivity contribution is 6.04. The van der Waals surface area contributed by atoms with E-state index in [2.05, 4.69) is 10.00 Å². The van der Waals surface area contributed by atoms with E-state index < -0.39 is 24.2 Å². The lowest BCUT2D eigenvalue weighted by Crippen LogP contribution is -2.86. The Morgan fingerprint density at radius 2 is 1.85 bits per heavy atom. The summed E-state index contributed by atoms with van der Waals surface area (Å²) in [5.74, 6) is -3.49. The molecule has 2 aromatic carbocycles. The number of aromatic nitrogens is 2. The quantitative estimate of drug-likeness (QED) is 0.514. The summed E-state index contributed by atoms with van der Waals surface area (Å²) in [7, 11) is 0. The Bertz CT molecular complexity index is 1150. The molecule has 182 valence electrons. The number of hydrogen-bond acceptors (Lipinski definition) is 5. The fraction of sp³-hybridized carbons (Fsp3) is 0.318. The molecule has 1 amide bonds. The van der Waals surface area contributed by atoms with Gasteiger partial charge in [-0.15, -0.1) is 0 Å².